The molecule has 1 amide bonds. The van der Waals surface area contributed by atoms with Gasteiger partial charge in [-0.25, -0.2) is 0 Å². The average Bonchev–Trinajstić information content (AvgIpc) is 2.25. The minimum absolute atomic E-state index is 0.109. The van der Waals surface area contributed by atoms with Gasteiger partial charge in [-0.05, 0) is 12.1 Å². The van der Waals surface area contributed by atoms with Crippen LogP contribution in [0.1, 0.15) is 0 Å². The van der Waals surface area contributed by atoms with Crippen LogP contribution in [-0.2, 0) is 4.79 Å². The first-order valence-corrected chi connectivity index (χ1v) is 6.58. The zero-order valence-corrected chi connectivity index (χ0v) is 10.8. The van der Waals surface area contributed by atoms with Crippen molar-refractivity contribution in [1.29, 1.82) is 0 Å². The fourth-order valence-electron chi connectivity index (χ4n) is 1.03. The van der Waals surface area contributed by atoms with Gasteiger partial charge in [0.25, 0.3) is 0 Å². The number of hydrogen-bond donors (Lipinski definition) is 2. The third-order valence-corrected chi connectivity index (χ3v) is 3.53. The Hall–Kier alpha value is -0.420. The van der Waals surface area contributed by atoms with Crippen LogP contribution in [0, 0.1) is 0 Å². The lowest BCUT2D eigenvalue weighted by Gasteiger charge is -2.07. The van der Waals surface area contributed by atoms with Gasteiger partial charge in [-0.1, -0.05) is 29.3 Å². The van der Waals surface area contributed by atoms with Crippen molar-refractivity contribution in [2.75, 3.05) is 23.4 Å². The van der Waals surface area contributed by atoms with Crippen molar-refractivity contribution in [1.82, 2.24) is 0 Å². The Balaban J connectivity index is 2.53. The van der Waals surface area contributed by atoms with Crippen LogP contribution in [0.25, 0.3) is 0 Å². The number of carbonyl (C=O) groups is 1. The number of nitrogens with one attached hydrogen (secondary N) is 1. The van der Waals surface area contributed by atoms with Gasteiger partial charge in [0.2, 0.25) is 5.91 Å². The summed E-state index contributed by atoms with van der Waals surface area (Å²) in [5, 5.41) is 3.48. The van der Waals surface area contributed by atoms with Crippen LogP contribution < -0.4 is 11.1 Å². The van der Waals surface area contributed by atoms with Crippen molar-refractivity contribution < 1.29 is 4.79 Å². The first-order valence-electron chi connectivity index (χ1n) is 4.67. The minimum Gasteiger partial charge on any atom is -0.330 e. The van der Waals surface area contributed by atoms with Crippen molar-refractivity contribution in [2.45, 2.75) is 0 Å². The van der Waals surface area contributed by atoms with Gasteiger partial charge < -0.3 is 11.1 Å². The van der Waals surface area contributed by atoms with E-state index in [1.165, 1.54) is 11.8 Å². The standard InChI is InChI=1S/C10H12Cl2N2OS/c11-7-2-1-3-8(10(7)12)14-9(15)6-16-5-4-13/h1-3H,4-6,13H2,(H,14,15). The van der Waals surface area contributed by atoms with E-state index in [9.17, 15) is 4.79 Å². The molecule has 3 nitrogen and oxygen atoms in total. The highest BCUT2D eigenvalue weighted by molar-refractivity contribution is 7.99. The van der Waals surface area contributed by atoms with Gasteiger partial charge in [0.15, 0.2) is 0 Å². The second-order valence-electron chi connectivity index (χ2n) is 2.99. The molecule has 0 spiro atoms. The number of thioether (sulfide) groups is 1. The van der Waals surface area contributed by atoms with E-state index in [4.69, 9.17) is 28.9 Å². The first-order chi connectivity index (χ1) is 7.65. The van der Waals surface area contributed by atoms with E-state index in [2.05, 4.69) is 5.32 Å². The Morgan fingerprint density at radius 2 is 2.19 bits per heavy atom. The van der Waals surface area contributed by atoms with Gasteiger partial charge in [-0.2, -0.15) is 11.8 Å². The molecule has 6 heteroatoms. The Morgan fingerprint density at radius 1 is 1.44 bits per heavy atom. The number of carbonyl (C=O) groups excluding carboxylic acids is 1. The predicted molar refractivity (Wildman–Crippen MR) is 71.5 cm³/mol. The second kappa shape index (κ2) is 7.01. The maximum atomic E-state index is 11.5. The Kier molecular flexibility index (Phi) is 5.98. The Labute approximate surface area is 109 Å². The fraction of sp³-hybridized carbons (Fsp3) is 0.300. The number of halogens is 2. The Morgan fingerprint density at radius 3 is 2.88 bits per heavy atom. The number of amides is 1. The summed E-state index contributed by atoms with van der Waals surface area (Å²) in [6, 6.07) is 5.11. The molecule has 0 aliphatic rings. The molecule has 16 heavy (non-hydrogen) atoms. The molecule has 0 aliphatic heterocycles. The maximum absolute atomic E-state index is 11.5. The molecule has 0 aromatic heterocycles. The SMILES string of the molecule is NCCSCC(=O)Nc1cccc(Cl)c1Cl. The van der Waals surface area contributed by atoms with E-state index in [0.717, 1.165) is 5.75 Å². The molecule has 0 saturated carbocycles. The molecule has 0 radical (unpaired) electrons. The summed E-state index contributed by atoms with van der Waals surface area (Å²) in [4.78, 5) is 11.5. The van der Waals surface area contributed by atoms with Gasteiger partial charge in [-0.15, -0.1) is 0 Å². The van der Waals surface area contributed by atoms with E-state index < -0.39 is 0 Å². The van der Waals surface area contributed by atoms with Gasteiger partial charge in [-0.3, -0.25) is 4.79 Å². The first kappa shape index (κ1) is 13.6. The third kappa shape index (κ3) is 4.22. The maximum Gasteiger partial charge on any atom is 0.234 e. The van der Waals surface area contributed by atoms with Crippen LogP contribution in [0.3, 0.4) is 0 Å². The van der Waals surface area contributed by atoms with E-state index in [1.807, 2.05) is 0 Å². The molecule has 0 unspecified atom stereocenters. The zero-order valence-electron chi connectivity index (χ0n) is 8.50. The summed E-state index contributed by atoms with van der Waals surface area (Å²) in [6.07, 6.45) is 0. The molecule has 1 aromatic carbocycles. The summed E-state index contributed by atoms with van der Waals surface area (Å²) < 4.78 is 0. The molecule has 0 aliphatic carbocycles. The molecule has 1 rings (SSSR count). The van der Waals surface area contributed by atoms with E-state index in [1.54, 1.807) is 18.2 Å². The quantitative estimate of drug-likeness (QED) is 0.815. The van der Waals surface area contributed by atoms with E-state index >= 15 is 0 Å². The zero-order chi connectivity index (χ0) is 12.0. The molecule has 3 N–H and O–H groups in total. The molecular weight excluding hydrogens is 267 g/mol. The topological polar surface area (TPSA) is 55.1 Å². The minimum atomic E-state index is -0.109. The number of nitrogens with two attached hydrogens (primary N) is 1. The van der Waals surface area contributed by atoms with Crippen LogP contribution in [0.5, 0.6) is 0 Å². The lowest BCUT2D eigenvalue weighted by molar-refractivity contribution is -0.113. The van der Waals surface area contributed by atoms with Crippen molar-refractivity contribution >= 4 is 46.6 Å². The van der Waals surface area contributed by atoms with Crippen molar-refractivity contribution in [3.63, 3.8) is 0 Å². The fourth-order valence-corrected chi connectivity index (χ4v) is 1.95. The average molecular weight is 279 g/mol. The molecule has 0 fully saturated rings. The van der Waals surface area contributed by atoms with Gasteiger partial charge in [0, 0.05) is 12.3 Å². The number of rotatable bonds is 5. The largest absolute Gasteiger partial charge is 0.330 e. The predicted octanol–water partition coefficient (Wildman–Crippen LogP) is 2.62. The normalized spacial score (nSPS) is 10.2. The van der Waals surface area contributed by atoms with Crippen LogP contribution in [0.15, 0.2) is 18.2 Å². The number of anilines is 1. The monoisotopic (exact) mass is 278 g/mol. The highest BCUT2D eigenvalue weighted by Crippen LogP contribution is 2.29. The van der Waals surface area contributed by atoms with Crippen LogP contribution in [-0.4, -0.2) is 24.0 Å². The summed E-state index contributed by atoms with van der Waals surface area (Å²) in [6.45, 7) is 0.565. The summed E-state index contributed by atoms with van der Waals surface area (Å²) in [5.74, 6) is 1.01. The lowest BCUT2D eigenvalue weighted by Crippen LogP contribution is -2.15. The summed E-state index contributed by atoms with van der Waals surface area (Å²) in [7, 11) is 0. The van der Waals surface area contributed by atoms with Crippen LogP contribution >= 0.6 is 35.0 Å². The molecule has 0 saturated heterocycles. The molecule has 0 bridgehead atoms. The Bertz CT molecular complexity index is 374. The van der Waals surface area contributed by atoms with Crippen molar-refractivity contribution in [2.24, 2.45) is 5.73 Å². The highest BCUT2D eigenvalue weighted by Gasteiger charge is 2.07. The van der Waals surface area contributed by atoms with E-state index in [0.29, 0.717) is 28.0 Å². The van der Waals surface area contributed by atoms with Crippen molar-refractivity contribution in [3.05, 3.63) is 28.2 Å². The summed E-state index contributed by atoms with van der Waals surface area (Å²) >= 11 is 13.2. The molecule has 88 valence electrons. The lowest BCUT2D eigenvalue weighted by atomic mass is 10.3. The smallest absolute Gasteiger partial charge is 0.234 e. The third-order valence-electron chi connectivity index (χ3n) is 1.72. The van der Waals surface area contributed by atoms with Crippen LogP contribution in [0.4, 0.5) is 5.69 Å². The highest BCUT2D eigenvalue weighted by atomic mass is 35.5. The summed E-state index contributed by atoms with van der Waals surface area (Å²) in [5.41, 5.74) is 5.85. The van der Waals surface area contributed by atoms with Gasteiger partial charge in [0.1, 0.15) is 0 Å². The second-order valence-corrected chi connectivity index (χ2v) is 4.88. The number of hydrogen-bond acceptors (Lipinski definition) is 3. The van der Waals surface area contributed by atoms with Crippen LogP contribution in [0.2, 0.25) is 10.0 Å². The van der Waals surface area contributed by atoms with Crippen molar-refractivity contribution in [3.8, 4) is 0 Å². The molecule has 0 heterocycles. The molecule has 0 atom stereocenters. The number of benzene rings is 1. The van der Waals surface area contributed by atoms with E-state index in [-0.39, 0.29) is 5.91 Å². The van der Waals surface area contributed by atoms with Gasteiger partial charge in [0.05, 0.1) is 21.5 Å². The molecular formula is C10H12Cl2N2OS. The molecule has 1 aromatic rings. The van der Waals surface area contributed by atoms with Gasteiger partial charge >= 0.3 is 0 Å².